The summed E-state index contributed by atoms with van der Waals surface area (Å²) in [4.78, 5) is 16.2. The molecule has 1 saturated carbocycles. The molecule has 0 spiro atoms. The maximum absolute atomic E-state index is 11.6. The van der Waals surface area contributed by atoms with Crippen molar-refractivity contribution in [2.45, 2.75) is 66.2 Å². The number of aromatic nitrogens is 3. The average molecular weight is 321 g/mol. The average Bonchev–Trinajstić information content (AvgIpc) is 2.90. The van der Waals surface area contributed by atoms with Crippen LogP contribution in [0.4, 0.5) is 0 Å². The number of H-pyrrole nitrogens is 1. The van der Waals surface area contributed by atoms with Crippen LogP contribution in [0.25, 0.3) is 0 Å². The van der Waals surface area contributed by atoms with E-state index in [1.807, 2.05) is 6.92 Å². The summed E-state index contributed by atoms with van der Waals surface area (Å²) in [5.41, 5.74) is 0. The first-order valence-corrected chi connectivity index (χ1v) is 9.02. The Bertz CT molecular complexity index is 502. The van der Waals surface area contributed by atoms with E-state index in [9.17, 15) is 4.79 Å². The minimum atomic E-state index is -0.253. The molecule has 1 aliphatic rings. The van der Waals surface area contributed by atoms with Gasteiger partial charge in [-0.1, -0.05) is 27.7 Å². The van der Waals surface area contributed by atoms with Gasteiger partial charge in [0.2, 0.25) is 0 Å². The predicted octanol–water partition coefficient (Wildman–Crippen LogP) is 3.72. The molecule has 3 unspecified atom stereocenters. The second kappa shape index (κ2) is 7.93. The van der Waals surface area contributed by atoms with Crippen molar-refractivity contribution in [1.29, 1.82) is 0 Å². The molecule has 0 aromatic carbocycles. The van der Waals surface area contributed by atoms with Gasteiger partial charge >= 0.3 is 5.97 Å². The van der Waals surface area contributed by atoms with Crippen LogP contribution in [0.3, 0.4) is 0 Å². The van der Waals surface area contributed by atoms with E-state index in [1.165, 1.54) is 12.8 Å². The summed E-state index contributed by atoms with van der Waals surface area (Å²) in [5.74, 6) is 4.38. The first kappa shape index (κ1) is 18.0. The van der Waals surface area contributed by atoms with Gasteiger partial charge in [-0.25, -0.2) is 4.98 Å². The molecule has 130 valence electrons. The third-order valence-electron chi connectivity index (χ3n) is 5.26. The number of carbonyl (C=O) groups excluding carboxylic acids is 1. The van der Waals surface area contributed by atoms with Gasteiger partial charge in [-0.05, 0) is 49.9 Å². The van der Waals surface area contributed by atoms with Crippen LogP contribution in [0.15, 0.2) is 0 Å². The summed E-state index contributed by atoms with van der Waals surface area (Å²) in [6.07, 6.45) is 3.77. The van der Waals surface area contributed by atoms with E-state index < -0.39 is 0 Å². The zero-order valence-corrected chi connectivity index (χ0v) is 15.1. The van der Waals surface area contributed by atoms with Gasteiger partial charge in [0.1, 0.15) is 12.2 Å². The Morgan fingerprint density at radius 1 is 1.26 bits per heavy atom. The van der Waals surface area contributed by atoms with Gasteiger partial charge in [0, 0.05) is 5.92 Å². The van der Waals surface area contributed by atoms with Crippen molar-refractivity contribution in [3.05, 3.63) is 11.6 Å². The third kappa shape index (κ3) is 4.33. The standard InChI is InChI=1S/C18H31N3O2/c1-6-14(17-12(4)8-11(3)9-13(17)5)18-19-15(20-21-18)10-16(22)23-7-2/h11-14,17H,6-10H2,1-5H3,(H,19,20,21). The molecule has 1 aromatic rings. The van der Waals surface area contributed by atoms with E-state index in [1.54, 1.807) is 0 Å². The van der Waals surface area contributed by atoms with Crippen molar-refractivity contribution in [2.24, 2.45) is 23.7 Å². The van der Waals surface area contributed by atoms with Gasteiger partial charge in [-0.2, -0.15) is 5.10 Å². The molecule has 0 aliphatic heterocycles. The smallest absolute Gasteiger partial charge is 0.313 e. The molecule has 1 aromatic heterocycles. The Balaban J connectivity index is 2.11. The maximum atomic E-state index is 11.6. The molecule has 0 saturated heterocycles. The molecule has 2 rings (SSSR count). The van der Waals surface area contributed by atoms with Crippen LogP contribution >= 0.6 is 0 Å². The maximum Gasteiger partial charge on any atom is 0.313 e. The molecule has 1 N–H and O–H groups in total. The highest BCUT2D eigenvalue weighted by atomic mass is 16.5. The number of esters is 1. The van der Waals surface area contributed by atoms with Gasteiger partial charge < -0.3 is 4.74 Å². The van der Waals surface area contributed by atoms with Gasteiger partial charge in [0.05, 0.1) is 6.61 Å². The fourth-order valence-corrected chi connectivity index (χ4v) is 4.56. The van der Waals surface area contributed by atoms with Crippen molar-refractivity contribution < 1.29 is 9.53 Å². The molecule has 1 heterocycles. The summed E-state index contributed by atoms with van der Waals surface area (Å²) in [6, 6.07) is 0. The van der Waals surface area contributed by atoms with Crippen LogP contribution < -0.4 is 0 Å². The quantitative estimate of drug-likeness (QED) is 0.811. The van der Waals surface area contributed by atoms with E-state index in [0.717, 1.165) is 18.2 Å². The Labute approximate surface area is 139 Å². The van der Waals surface area contributed by atoms with Crippen LogP contribution in [0.5, 0.6) is 0 Å². The van der Waals surface area contributed by atoms with Gasteiger partial charge in [-0.15, -0.1) is 0 Å². The van der Waals surface area contributed by atoms with E-state index in [0.29, 0.717) is 36.1 Å². The third-order valence-corrected chi connectivity index (χ3v) is 5.26. The topological polar surface area (TPSA) is 67.9 Å². The van der Waals surface area contributed by atoms with E-state index >= 15 is 0 Å². The second-order valence-electron chi connectivity index (χ2n) is 7.25. The number of nitrogens with zero attached hydrogens (tertiary/aromatic N) is 2. The number of hydrogen-bond acceptors (Lipinski definition) is 4. The lowest BCUT2D eigenvalue weighted by Gasteiger charge is -2.41. The summed E-state index contributed by atoms with van der Waals surface area (Å²) >= 11 is 0. The lowest BCUT2D eigenvalue weighted by molar-refractivity contribution is -0.142. The Hall–Kier alpha value is -1.39. The molecular formula is C18H31N3O2. The minimum absolute atomic E-state index is 0.171. The number of carbonyl (C=O) groups is 1. The van der Waals surface area contributed by atoms with E-state index in [-0.39, 0.29) is 12.4 Å². The predicted molar refractivity (Wildman–Crippen MR) is 90.0 cm³/mol. The molecule has 0 bridgehead atoms. The molecule has 23 heavy (non-hydrogen) atoms. The molecule has 0 amide bonds. The monoisotopic (exact) mass is 321 g/mol. The number of hydrogen-bond donors (Lipinski definition) is 1. The van der Waals surface area contributed by atoms with Crippen molar-refractivity contribution in [1.82, 2.24) is 15.2 Å². The van der Waals surface area contributed by atoms with Crippen LogP contribution in [-0.2, 0) is 16.0 Å². The lowest BCUT2D eigenvalue weighted by Crippen LogP contribution is -2.33. The molecule has 5 nitrogen and oxygen atoms in total. The molecular weight excluding hydrogens is 290 g/mol. The number of aromatic amines is 1. The lowest BCUT2D eigenvalue weighted by atomic mass is 9.64. The van der Waals surface area contributed by atoms with Crippen LogP contribution in [-0.4, -0.2) is 27.8 Å². The summed E-state index contributed by atoms with van der Waals surface area (Å²) < 4.78 is 4.98. The van der Waals surface area contributed by atoms with Crippen molar-refractivity contribution in [3.63, 3.8) is 0 Å². The first-order valence-electron chi connectivity index (χ1n) is 9.02. The van der Waals surface area contributed by atoms with Crippen LogP contribution in [0.1, 0.15) is 71.4 Å². The Kier molecular flexibility index (Phi) is 6.19. The SMILES string of the molecule is CCOC(=O)Cc1nc(C(CC)C2C(C)CC(C)CC2C)n[nH]1. The number of rotatable bonds is 6. The van der Waals surface area contributed by atoms with Crippen LogP contribution in [0.2, 0.25) is 0 Å². The highest BCUT2D eigenvalue weighted by Gasteiger charge is 2.38. The molecule has 3 atom stereocenters. The van der Waals surface area contributed by atoms with Crippen molar-refractivity contribution in [3.8, 4) is 0 Å². The first-order chi connectivity index (χ1) is 11.0. The largest absolute Gasteiger partial charge is 0.466 e. The molecule has 1 aliphatic carbocycles. The van der Waals surface area contributed by atoms with Gasteiger partial charge in [0.15, 0.2) is 5.82 Å². The highest BCUT2D eigenvalue weighted by molar-refractivity contribution is 5.71. The number of ether oxygens (including phenoxy) is 1. The van der Waals surface area contributed by atoms with Gasteiger partial charge in [-0.3, -0.25) is 9.89 Å². The minimum Gasteiger partial charge on any atom is -0.466 e. The molecule has 5 heteroatoms. The van der Waals surface area contributed by atoms with Crippen LogP contribution in [0, 0.1) is 23.7 Å². The van der Waals surface area contributed by atoms with E-state index in [2.05, 4.69) is 42.9 Å². The van der Waals surface area contributed by atoms with E-state index in [4.69, 9.17) is 4.74 Å². The summed E-state index contributed by atoms with van der Waals surface area (Å²) in [7, 11) is 0. The highest BCUT2D eigenvalue weighted by Crippen LogP contribution is 2.45. The molecule has 0 radical (unpaired) electrons. The van der Waals surface area contributed by atoms with Crippen molar-refractivity contribution >= 4 is 5.97 Å². The second-order valence-corrected chi connectivity index (χ2v) is 7.25. The summed E-state index contributed by atoms with van der Waals surface area (Å²) in [5, 5.41) is 7.35. The fourth-order valence-electron chi connectivity index (χ4n) is 4.56. The van der Waals surface area contributed by atoms with Crippen molar-refractivity contribution in [2.75, 3.05) is 6.61 Å². The number of nitrogens with one attached hydrogen (secondary N) is 1. The zero-order valence-electron chi connectivity index (χ0n) is 15.1. The normalized spacial score (nSPS) is 29.3. The van der Waals surface area contributed by atoms with Gasteiger partial charge in [0.25, 0.3) is 0 Å². The zero-order chi connectivity index (χ0) is 17.0. The Morgan fingerprint density at radius 3 is 2.48 bits per heavy atom. The summed E-state index contributed by atoms with van der Waals surface area (Å²) in [6.45, 7) is 11.5. The molecule has 1 fully saturated rings. The Morgan fingerprint density at radius 2 is 1.91 bits per heavy atom. The fraction of sp³-hybridized carbons (Fsp3) is 0.833.